The summed E-state index contributed by atoms with van der Waals surface area (Å²) in [6.07, 6.45) is 7.79. The minimum atomic E-state index is -0.262. The van der Waals surface area contributed by atoms with Crippen LogP contribution in [0.5, 0.6) is 0 Å². The van der Waals surface area contributed by atoms with Gasteiger partial charge in [-0.3, -0.25) is 14.5 Å². The smallest absolute Gasteiger partial charge is 0.241 e. The van der Waals surface area contributed by atoms with Gasteiger partial charge in [0.05, 0.1) is 12.0 Å². The van der Waals surface area contributed by atoms with E-state index < -0.39 is 0 Å². The van der Waals surface area contributed by atoms with Crippen molar-refractivity contribution in [3.8, 4) is 0 Å². The molecular formula is C25H33N3O2. The van der Waals surface area contributed by atoms with Crippen molar-refractivity contribution in [3.63, 3.8) is 0 Å². The molecule has 2 atom stereocenters. The Kier molecular flexibility index (Phi) is 6.68. The molecular weight excluding hydrogens is 374 g/mol. The molecule has 2 aromatic rings. The molecule has 2 amide bonds. The predicted molar refractivity (Wildman–Crippen MR) is 121 cm³/mol. The van der Waals surface area contributed by atoms with Gasteiger partial charge in [0.25, 0.3) is 0 Å². The lowest BCUT2D eigenvalue weighted by Crippen LogP contribution is -2.51. The lowest BCUT2D eigenvalue weighted by atomic mass is 9.92. The summed E-state index contributed by atoms with van der Waals surface area (Å²) < 4.78 is 0. The first-order valence-electron chi connectivity index (χ1n) is 11.4. The number of amides is 2. The number of carbonyl (C=O) groups is 2. The number of carbonyl (C=O) groups excluding carboxylic acids is 2. The summed E-state index contributed by atoms with van der Waals surface area (Å²) >= 11 is 0. The second kappa shape index (κ2) is 9.61. The Balaban J connectivity index is 1.33. The van der Waals surface area contributed by atoms with Crippen LogP contribution in [0.4, 0.5) is 5.69 Å². The first kappa shape index (κ1) is 20.9. The molecule has 0 spiro atoms. The van der Waals surface area contributed by atoms with Gasteiger partial charge in [-0.2, -0.15) is 0 Å². The van der Waals surface area contributed by atoms with Gasteiger partial charge in [0.2, 0.25) is 11.8 Å². The molecule has 2 aromatic carbocycles. The van der Waals surface area contributed by atoms with Crippen LogP contribution >= 0.6 is 0 Å². The third-order valence-electron chi connectivity index (χ3n) is 6.72. The summed E-state index contributed by atoms with van der Waals surface area (Å²) in [6, 6.07) is 14.2. The average molecular weight is 408 g/mol. The monoisotopic (exact) mass is 407 g/mol. The fourth-order valence-corrected chi connectivity index (χ4v) is 4.82. The van der Waals surface area contributed by atoms with Gasteiger partial charge in [0.15, 0.2) is 0 Å². The van der Waals surface area contributed by atoms with Crippen LogP contribution in [0.25, 0.3) is 10.8 Å². The number of nitrogens with zero attached hydrogens (tertiary/aromatic N) is 1. The van der Waals surface area contributed by atoms with E-state index in [1.807, 2.05) is 37.3 Å². The average Bonchev–Trinajstić information content (AvgIpc) is 2.79. The highest BCUT2D eigenvalue weighted by atomic mass is 16.2. The summed E-state index contributed by atoms with van der Waals surface area (Å²) in [7, 11) is 0. The number of nitrogens with one attached hydrogen (secondary N) is 2. The number of hydrogen-bond donors (Lipinski definition) is 2. The van der Waals surface area contributed by atoms with Crippen LogP contribution in [0, 0.1) is 5.92 Å². The van der Waals surface area contributed by atoms with E-state index in [0.29, 0.717) is 12.6 Å². The summed E-state index contributed by atoms with van der Waals surface area (Å²) in [5.41, 5.74) is 0.814. The molecule has 2 unspecified atom stereocenters. The van der Waals surface area contributed by atoms with Crippen molar-refractivity contribution in [2.24, 2.45) is 5.92 Å². The van der Waals surface area contributed by atoms with Crippen molar-refractivity contribution in [2.45, 2.75) is 64.0 Å². The molecule has 4 rings (SSSR count). The highest BCUT2D eigenvalue weighted by molar-refractivity contribution is 5.97. The van der Waals surface area contributed by atoms with E-state index in [4.69, 9.17) is 0 Å². The van der Waals surface area contributed by atoms with Crippen molar-refractivity contribution in [1.29, 1.82) is 0 Å². The van der Waals surface area contributed by atoms with Crippen LogP contribution in [0.15, 0.2) is 42.5 Å². The molecule has 1 heterocycles. The van der Waals surface area contributed by atoms with Crippen molar-refractivity contribution in [2.75, 3.05) is 18.4 Å². The van der Waals surface area contributed by atoms with Crippen LogP contribution in [0.1, 0.15) is 51.9 Å². The van der Waals surface area contributed by atoms with Crippen LogP contribution in [0.3, 0.4) is 0 Å². The second-order valence-electron chi connectivity index (χ2n) is 8.90. The number of fused-ring (bicyclic) bond motifs is 1. The Bertz CT molecular complexity index is 891. The van der Waals surface area contributed by atoms with Crippen molar-refractivity contribution >= 4 is 28.3 Å². The molecule has 0 aromatic heterocycles. The molecule has 1 aliphatic heterocycles. The lowest BCUT2D eigenvalue weighted by molar-refractivity contribution is -0.130. The number of rotatable bonds is 5. The van der Waals surface area contributed by atoms with E-state index in [-0.39, 0.29) is 23.8 Å². The Labute approximate surface area is 179 Å². The Morgan fingerprint density at radius 2 is 1.73 bits per heavy atom. The molecule has 0 bridgehead atoms. The minimum absolute atomic E-state index is 0.0152. The molecule has 1 saturated heterocycles. The summed E-state index contributed by atoms with van der Waals surface area (Å²) in [6.45, 7) is 3.46. The van der Waals surface area contributed by atoms with Crippen molar-refractivity contribution in [3.05, 3.63) is 42.5 Å². The molecule has 2 fully saturated rings. The third-order valence-corrected chi connectivity index (χ3v) is 6.72. The first-order valence-corrected chi connectivity index (χ1v) is 11.4. The van der Waals surface area contributed by atoms with Gasteiger partial charge in [-0.25, -0.2) is 0 Å². The Hall–Kier alpha value is -2.40. The highest BCUT2D eigenvalue weighted by Gasteiger charge is 2.31. The van der Waals surface area contributed by atoms with Crippen molar-refractivity contribution in [1.82, 2.24) is 10.2 Å². The zero-order chi connectivity index (χ0) is 20.9. The maximum Gasteiger partial charge on any atom is 0.241 e. The number of benzene rings is 2. The summed E-state index contributed by atoms with van der Waals surface area (Å²) in [5.74, 6) is 0.143. The lowest BCUT2D eigenvalue weighted by Gasteiger charge is -2.36. The molecule has 2 aliphatic rings. The Morgan fingerprint density at radius 3 is 2.53 bits per heavy atom. The quantitative estimate of drug-likeness (QED) is 0.776. The normalized spacial score (nSPS) is 21.8. The zero-order valence-electron chi connectivity index (χ0n) is 17.9. The van der Waals surface area contributed by atoms with E-state index in [1.165, 1.54) is 19.3 Å². The second-order valence-corrected chi connectivity index (χ2v) is 8.90. The molecule has 1 aliphatic carbocycles. The molecule has 0 radical (unpaired) electrons. The number of hydrogen-bond acceptors (Lipinski definition) is 3. The van der Waals surface area contributed by atoms with Gasteiger partial charge in [0, 0.05) is 18.3 Å². The van der Waals surface area contributed by atoms with Gasteiger partial charge >= 0.3 is 0 Å². The fourth-order valence-electron chi connectivity index (χ4n) is 4.82. The number of likely N-dealkylation sites (tertiary alicyclic amines) is 1. The molecule has 1 saturated carbocycles. The summed E-state index contributed by atoms with van der Waals surface area (Å²) in [5, 5.41) is 8.60. The molecule has 5 heteroatoms. The molecule has 2 N–H and O–H groups in total. The van der Waals surface area contributed by atoms with Gasteiger partial charge in [-0.05, 0) is 62.1 Å². The standard InChI is InChI=1S/C25H33N3O2/c1-18(24(29)27-23-14-13-19-8-5-6-9-20(19)16-23)28-15-7-10-21(17-28)25(30)26-22-11-3-2-4-12-22/h5-6,8-9,13-14,16,18,21-22H,2-4,7,10-12,15,17H2,1H3,(H,26,30)(H,27,29). The van der Waals surface area contributed by atoms with Gasteiger partial charge in [0.1, 0.15) is 0 Å². The Morgan fingerprint density at radius 1 is 0.967 bits per heavy atom. The van der Waals surface area contributed by atoms with E-state index >= 15 is 0 Å². The van der Waals surface area contributed by atoms with E-state index in [9.17, 15) is 9.59 Å². The van der Waals surface area contributed by atoms with Gasteiger partial charge in [-0.15, -0.1) is 0 Å². The van der Waals surface area contributed by atoms with E-state index in [0.717, 1.165) is 48.7 Å². The number of piperidine rings is 1. The predicted octanol–water partition coefficient (Wildman–Crippen LogP) is 4.33. The van der Waals surface area contributed by atoms with Crippen molar-refractivity contribution < 1.29 is 9.59 Å². The van der Waals surface area contributed by atoms with Gasteiger partial charge in [-0.1, -0.05) is 49.6 Å². The third kappa shape index (κ3) is 5.01. The van der Waals surface area contributed by atoms with Crippen LogP contribution in [-0.4, -0.2) is 41.9 Å². The van der Waals surface area contributed by atoms with E-state index in [2.05, 4.69) is 27.7 Å². The topological polar surface area (TPSA) is 61.4 Å². The van der Waals surface area contributed by atoms with Gasteiger partial charge < -0.3 is 10.6 Å². The number of anilines is 1. The molecule has 160 valence electrons. The van der Waals surface area contributed by atoms with Crippen LogP contribution < -0.4 is 10.6 Å². The molecule has 30 heavy (non-hydrogen) atoms. The molecule has 5 nitrogen and oxygen atoms in total. The minimum Gasteiger partial charge on any atom is -0.353 e. The largest absolute Gasteiger partial charge is 0.353 e. The van der Waals surface area contributed by atoms with Crippen LogP contribution in [0.2, 0.25) is 0 Å². The van der Waals surface area contributed by atoms with Crippen LogP contribution in [-0.2, 0) is 9.59 Å². The maximum absolute atomic E-state index is 12.9. The SMILES string of the molecule is CC(C(=O)Nc1ccc2ccccc2c1)N1CCCC(C(=O)NC2CCCCC2)C1. The van der Waals surface area contributed by atoms with E-state index in [1.54, 1.807) is 0 Å². The summed E-state index contributed by atoms with van der Waals surface area (Å²) in [4.78, 5) is 27.8. The highest BCUT2D eigenvalue weighted by Crippen LogP contribution is 2.23. The first-order chi connectivity index (χ1) is 14.6. The maximum atomic E-state index is 12.9. The zero-order valence-corrected chi connectivity index (χ0v) is 17.9. The fraction of sp³-hybridized carbons (Fsp3) is 0.520.